The standard InChI is InChI=1S/C15H11N3O3S/c19-18(20)13-8-6-12(7-9-13)14-16-17-15(21-14)22-10-11-4-2-1-3-5-11/h1-9H,10H2. The molecule has 7 heteroatoms. The number of thioether (sulfide) groups is 1. The summed E-state index contributed by atoms with van der Waals surface area (Å²) in [4.78, 5) is 10.2. The third-order valence-electron chi connectivity index (χ3n) is 2.94. The topological polar surface area (TPSA) is 82.1 Å². The van der Waals surface area contributed by atoms with Gasteiger partial charge in [-0.15, -0.1) is 10.2 Å². The molecule has 0 fully saturated rings. The highest BCUT2D eigenvalue weighted by Gasteiger charge is 2.11. The summed E-state index contributed by atoms with van der Waals surface area (Å²) >= 11 is 1.45. The van der Waals surface area contributed by atoms with E-state index in [0.717, 1.165) is 5.75 Å². The molecule has 0 N–H and O–H groups in total. The van der Waals surface area contributed by atoms with E-state index in [1.54, 1.807) is 12.1 Å². The third-order valence-corrected chi connectivity index (χ3v) is 3.83. The number of nitro groups is 1. The molecule has 1 aromatic heterocycles. The van der Waals surface area contributed by atoms with Gasteiger partial charge in [-0.2, -0.15) is 0 Å². The van der Waals surface area contributed by atoms with Crippen molar-refractivity contribution in [1.29, 1.82) is 0 Å². The van der Waals surface area contributed by atoms with Crippen LogP contribution in [0.2, 0.25) is 0 Å². The molecule has 0 aliphatic heterocycles. The molecule has 0 amide bonds. The molecule has 22 heavy (non-hydrogen) atoms. The average Bonchev–Trinajstić information content (AvgIpc) is 3.03. The Kier molecular flexibility index (Phi) is 4.15. The maximum atomic E-state index is 10.6. The molecule has 0 radical (unpaired) electrons. The summed E-state index contributed by atoms with van der Waals surface area (Å²) in [5, 5.41) is 19.0. The normalized spacial score (nSPS) is 10.5. The predicted molar refractivity (Wildman–Crippen MR) is 82.4 cm³/mol. The van der Waals surface area contributed by atoms with Crippen LogP contribution in [0.4, 0.5) is 5.69 Å². The second kappa shape index (κ2) is 6.40. The smallest absolute Gasteiger partial charge is 0.277 e. The van der Waals surface area contributed by atoms with E-state index in [2.05, 4.69) is 10.2 Å². The summed E-state index contributed by atoms with van der Waals surface area (Å²) < 4.78 is 5.56. The van der Waals surface area contributed by atoms with Crippen LogP contribution >= 0.6 is 11.8 Å². The molecule has 0 bridgehead atoms. The fourth-order valence-electron chi connectivity index (χ4n) is 1.83. The number of nitrogens with zero attached hydrogens (tertiary/aromatic N) is 3. The fraction of sp³-hybridized carbons (Fsp3) is 0.0667. The first-order valence-electron chi connectivity index (χ1n) is 6.47. The zero-order valence-electron chi connectivity index (χ0n) is 11.4. The van der Waals surface area contributed by atoms with E-state index in [0.29, 0.717) is 16.7 Å². The first kappa shape index (κ1) is 14.3. The largest absolute Gasteiger partial charge is 0.411 e. The molecule has 0 aliphatic rings. The zero-order valence-corrected chi connectivity index (χ0v) is 12.2. The number of non-ortho nitro benzene ring substituents is 1. The molecule has 0 spiro atoms. The Morgan fingerprint density at radius 3 is 2.45 bits per heavy atom. The van der Waals surface area contributed by atoms with Crippen molar-refractivity contribution in [1.82, 2.24) is 10.2 Å². The number of aromatic nitrogens is 2. The molecule has 0 saturated heterocycles. The van der Waals surface area contributed by atoms with Gasteiger partial charge in [-0.3, -0.25) is 10.1 Å². The molecule has 2 aromatic carbocycles. The quantitative estimate of drug-likeness (QED) is 0.403. The Bertz CT molecular complexity index is 772. The third kappa shape index (κ3) is 3.32. The van der Waals surface area contributed by atoms with Gasteiger partial charge < -0.3 is 4.42 Å². The second-order valence-electron chi connectivity index (χ2n) is 4.45. The molecule has 0 unspecified atom stereocenters. The lowest BCUT2D eigenvalue weighted by atomic mass is 10.2. The van der Waals surface area contributed by atoms with Gasteiger partial charge in [0.25, 0.3) is 10.9 Å². The van der Waals surface area contributed by atoms with E-state index in [9.17, 15) is 10.1 Å². The summed E-state index contributed by atoms with van der Waals surface area (Å²) in [6.07, 6.45) is 0. The molecule has 0 aliphatic carbocycles. The van der Waals surface area contributed by atoms with Crippen LogP contribution in [0.15, 0.2) is 64.2 Å². The van der Waals surface area contributed by atoms with Crippen molar-refractivity contribution in [3.63, 3.8) is 0 Å². The van der Waals surface area contributed by atoms with Crippen LogP contribution in [0.25, 0.3) is 11.5 Å². The van der Waals surface area contributed by atoms with Crippen molar-refractivity contribution in [2.75, 3.05) is 0 Å². The van der Waals surface area contributed by atoms with Gasteiger partial charge in [0.2, 0.25) is 5.89 Å². The van der Waals surface area contributed by atoms with E-state index in [-0.39, 0.29) is 5.69 Å². The van der Waals surface area contributed by atoms with E-state index >= 15 is 0 Å². The van der Waals surface area contributed by atoms with Gasteiger partial charge in [0.15, 0.2) is 0 Å². The van der Waals surface area contributed by atoms with Crippen LogP contribution in [0.5, 0.6) is 0 Å². The minimum atomic E-state index is -0.446. The summed E-state index contributed by atoms with van der Waals surface area (Å²) in [7, 11) is 0. The Hall–Kier alpha value is -2.67. The summed E-state index contributed by atoms with van der Waals surface area (Å²) in [5.74, 6) is 1.09. The zero-order chi connectivity index (χ0) is 15.4. The van der Waals surface area contributed by atoms with Crippen molar-refractivity contribution >= 4 is 17.4 Å². The fourth-order valence-corrected chi connectivity index (χ4v) is 2.55. The molecule has 6 nitrogen and oxygen atoms in total. The Morgan fingerprint density at radius 2 is 1.77 bits per heavy atom. The Balaban J connectivity index is 1.69. The first-order valence-corrected chi connectivity index (χ1v) is 7.46. The number of hydrogen-bond acceptors (Lipinski definition) is 6. The molecule has 3 rings (SSSR count). The van der Waals surface area contributed by atoms with Crippen LogP contribution < -0.4 is 0 Å². The second-order valence-corrected chi connectivity index (χ2v) is 5.38. The highest BCUT2D eigenvalue weighted by molar-refractivity contribution is 7.98. The van der Waals surface area contributed by atoms with Gasteiger partial charge in [-0.25, -0.2) is 0 Å². The number of rotatable bonds is 5. The molecular weight excluding hydrogens is 302 g/mol. The Labute approximate surface area is 130 Å². The highest BCUT2D eigenvalue weighted by Crippen LogP contribution is 2.26. The van der Waals surface area contributed by atoms with Gasteiger partial charge in [0.1, 0.15) is 0 Å². The van der Waals surface area contributed by atoms with Crippen molar-refractivity contribution in [3.05, 3.63) is 70.3 Å². The lowest BCUT2D eigenvalue weighted by Gasteiger charge is -1.97. The van der Waals surface area contributed by atoms with Crippen LogP contribution in [-0.2, 0) is 5.75 Å². The van der Waals surface area contributed by atoms with Crippen molar-refractivity contribution in [2.24, 2.45) is 0 Å². The van der Waals surface area contributed by atoms with Gasteiger partial charge in [0.05, 0.1) is 4.92 Å². The monoisotopic (exact) mass is 313 g/mol. The van der Waals surface area contributed by atoms with Crippen molar-refractivity contribution in [2.45, 2.75) is 11.0 Å². The molecule has 0 atom stereocenters. The van der Waals surface area contributed by atoms with Crippen LogP contribution in [0.3, 0.4) is 0 Å². The first-order chi connectivity index (χ1) is 10.7. The maximum Gasteiger partial charge on any atom is 0.277 e. The number of benzene rings is 2. The van der Waals surface area contributed by atoms with Crippen molar-refractivity contribution in [3.8, 4) is 11.5 Å². The summed E-state index contributed by atoms with van der Waals surface area (Å²) in [5.41, 5.74) is 1.86. The van der Waals surface area contributed by atoms with E-state index in [1.807, 2.05) is 30.3 Å². The molecular formula is C15H11N3O3S. The van der Waals surface area contributed by atoms with Crippen LogP contribution in [0.1, 0.15) is 5.56 Å². The molecule has 3 aromatic rings. The maximum absolute atomic E-state index is 10.6. The van der Waals surface area contributed by atoms with Gasteiger partial charge in [-0.05, 0) is 17.7 Å². The van der Waals surface area contributed by atoms with Crippen LogP contribution in [-0.4, -0.2) is 15.1 Å². The van der Waals surface area contributed by atoms with Crippen LogP contribution in [0, 0.1) is 10.1 Å². The summed E-state index contributed by atoms with van der Waals surface area (Å²) in [6.45, 7) is 0. The highest BCUT2D eigenvalue weighted by atomic mass is 32.2. The number of hydrogen-bond donors (Lipinski definition) is 0. The van der Waals surface area contributed by atoms with E-state index < -0.39 is 4.92 Å². The van der Waals surface area contributed by atoms with E-state index in [4.69, 9.17) is 4.42 Å². The molecule has 0 saturated carbocycles. The Morgan fingerprint density at radius 1 is 1.05 bits per heavy atom. The van der Waals surface area contributed by atoms with E-state index in [1.165, 1.54) is 29.5 Å². The minimum absolute atomic E-state index is 0.0296. The SMILES string of the molecule is O=[N+]([O-])c1ccc(-c2nnc(SCc3ccccc3)o2)cc1. The van der Waals surface area contributed by atoms with Crippen molar-refractivity contribution < 1.29 is 9.34 Å². The lowest BCUT2D eigenvalue weighted by molar-refractivity contribution is -0.384. The van der Waals surface area contributed by atoms with Gasteiger partial charge >= 0.3 is 0 Å². The average molecular weight is 313 g/mol. The van der Waals surface area contributed by atoms with Gasteiger partial charge in [-0.1, -0.05) is 42.1 Å². The summed E-state index contributed by atoms with van der Waals surface area (Å²) in [6, 6.07) is 16.0. The lowest BCUT2D eigenvalue weighted by Crippen LogP contribution is -1.87. The van der Waals surface area contributed by atoms with Gasteiger partial charge in [0, 0.05) is 23.4 Å². The molecule has 110 valence electrons. The minimum Gasteiger partial charge on any atom is -0.411 e. The molecule has 1 heterocycles. The predicted octanol–water partition coefficient (Wildman–Crippen LogP) is 3.94. The number of nitro benzene ring substituents is 1.